The van der Waals surface area contributed by atoms with Gasteiger partial charge in [-0.3, -0.25) is 0 Å². The first-order chi connectivity index (χ1) is 11.9. The summed E-state index contributed by atoms with van der Waals surface area (Å²) in [6.07, 6.45) is 25.5. The zero-order chi connectivity index (χ0) is 17.3. The average molecular weight is 337 g/mol. The van der Waals surface area contributed by atoms with Crippen LogP contribution in [0.15, 0.2) is 25.1 Å². The van der Waals surface area contributed by atoms with Crippen LogP contribution in [0.1, 0.15) is 89.9 Å². The molecule has 140 valence electrons. The summed E-state index contributed by atoms with van der Waals surface area (Å²) in [4.78, 5) is 2.21. The van der Waals surface area contributed by atoms with Gasteiger partial charge in [0, 0.05) is 18.9 Å². The third-order valence-electron chi connectivity index (χ3n) is 4.95. The summed E-state index contributed by atoms with van der Waals surface area (Å²) in [6, 6.07) is 0. The lowest BCUT2D eigenvalue weighted by atomic mass is 10.0. The van der Waals surface area contributed by atoms with Crippen molar-refractivity contribution in [1.82, 2.24) is 10.2 Å². The normalized spacial score (nSPS) is 16.5. The van der Waals surface area contributed by atoms with Crippen LogP contribution in [0.4, 0.5) is 0 Å². The Morgan fingerprint density at radius 2 is 1.42 bits per heavy atom. The van der Waals surface area contributed by atoms with Gasteiger partial charge >= 0.3 is 0 Å². The SMILES string of the molecule is C=CCCCCCCCCCCCCCCC1NC=CN1CCO. The Morgan fingerprint density at radius 3 is 1.96 bits per heavy atom. The summed E-state index contributed by atoms with van der Waals surface area (Å²) < 4.78 is 0. The predicted octanol–water partition coefficient (Wildman–Crippen LogP) is 5.33. The van der Waals surface area contributed by atoms with Gasteiger partial charge in [0.2, 0.25) is 0 Å². The summed E-state index contributed by atoms with van der Waals surface area (Å²) in [7, 11) is 0. The highest BCUT2D eigenvalue weighted by Gasteiger charge is 2.16. The minimum atomic E-state index is 0.233. The van der Waals surface area contributed by atoms with E-state index in [0.717, 1.165) is 6.54 Å². The van der Waals surface area contributed by atoms with Gasteiger partial charge in [0.15, 0.2) is 0 Å². The van der Waals surface area contributed by atoms with Crippen LogP contribution in [0.5, 0.6) is 0 Å². The van der Waals surface area contributed by atoms with E-state index >= 15 is 0 Å². The van der Waals surface area contributed by atoms with Crippen molar-refractivity contribution in [2.24, 2.45) is 0 Å². The third-order valence-corrected chi connectivity index (χ3v) is 4.95. The van der Waals surface area contributed by atoms with Crippen molar-refractivity contribution in [3.8, 4) is 0 Å². The van der Waals surface area contributed by atoms with Crippen molar-refractivity contribution >= 4 is 0 Å². The van der Waals surface area contributed by atoms with E-state index in [0.29, 0.717) is 6.17 Å². The molecule has 0 amide bonds. The molecule has 0 fully saturated rings. The molecule has 24 heavy (non-hydrogen) atoms. The average Bonchev–Trinajstić information content (AvgIpc) is 3.03. The van der Waals surface area contributed by atoms with Gasteiger partial charge in [0.25, 0.3) is 0 Å². The van der Waals surface area contributed by atoms with Gasteiger partial charge in [-0.05, 0) is 25.7 Å². The van der Waals surface area contributed by atoms with Gasteiger partial charge < -0.3 is 15.3 Å². The van der Waals surface area contributed by atoms with Gasteiger partial charge in [-0.2, -0.15) is 0 Å². The van der Waals surface area contributed by atoms with Crippen molar-refractivity contribution in [2.45, 2.75) is 96.1 Å². The van der Waals surface area contributed by atoms with Gasteiger partial charge in [-0.25, -0.2) is 0 Å². The van der Waals surface area contributed by atoms with E-state index in [-0.39, 0.29) is 6.61 Å². The lowest BCUT2D eigenvalue weighted by molar-refractivity contribution is 0.194. The number of rotatable bonds is 17. The largest absolute Gasteiger partial charge is 0.395 e. The molecule has 0 aliphatic carbocycles. The molecule has 1 heterocycles. The van der Waals surface area contributed by atoms with Gasteiger partial charge in [0.05, 0.1) is 12.8 Å². The smallest absolute Gasteiger partial charge is 0.0982 e. The molecule has 1 rings (SSSR count). The summed E-state index contributed by atoms with van der Waals surface area (Å²) >= 11 is 0. The second-order valence-electron chi connectivity index (χ2n) is 7.07. The number of aliphatic hydroxyl groups excluding tert-OH is 1. The molecule has 2 N–H and O–H groups in total. The van der Waals surface area contributed by atoms with Crippen molar-refractivity contribution in [3.63, 3.8) is 0 Å². The summed E-state index contributed by atoms with van der Waals surface area (Å²) in [5.74, 6) is 0. The van der Waals surface area contributed by atoms with E-state index < -0.39 is 0 Å². The summed E-state index contributed by atoms with van der Waals surface area (Å²) in [5.41, 5.74) is 0. The molecular weight excluding hydrogens is 296 g/mol. The first-order valence-electron chi connectivity index (χ1n) is 10.3. The van der Waals surface area contributed by atoms with E-state index in [1.165, 1.54) is 89.9 Å². The Balaban J connectivity index is 1.77. The van der Waals surface area contributed by atoms with Crippen molar-refractivity contribution in [3.05, 3.63) is 25.1 Å². The van der Waals surface area contributed by atoms with Crippen molar-refractivity contribution in [1.29, 1.82) is 0 Å². The Bertz CT molecular complexity index is 317. The maximum absolute atomic E-state index is 9.03. The quantitative estimate of drug-likeness (QED) is 0.278. The maximum Gasteiger partial charge on any atom is 0.0982 e. The van der Waals surface area contributed by atoms with E-state index in [4.69, 9.17) is 5.11 Å². The molecule has 3 nitrogen and oxygen atoms in total. The number of aliphatic hydroxyl groups is 1. The van der Waals surface area contributed by atoms with Crippen LogP contribution in [0.2, 0.25) is 0 Å². The molecule has 1 aliphatic heterocycles. The van der Waals surface area contributed by atoms with E-state index in [1.54, 1.807) is 0 Å². The molecule has 1 atom stereocenters. The molecule has 0 spiro atoms. The number of nitrogens with one attached hydrogen (secondary N) is 1. The molecule has 0 radical (unpaired) electrons. The number of unbranched alkanes of at least 4 members (excludes halogenated alkanes) is 12. The molecule has 0 saturated heterocycles. The van der Waals surface area contributed by atoms with Gasteiger partial charge in [-0.1, -0.05) is 70.3 Å². The Kier molecular flexibility index (Phi) is 13.7. The standard InChI is InChI=1S/C21H40N2O/c1-2-3-4-5-6-7-8-9-10-11-12-13-14-15-16-21-22-17-18-23(21)19-20-24/h2,17-18,21-22,24H,1,3-16,19-20H2. The fourth-order valence-electron chi connectivity index (χ4n) is 3.44. The topological polar surface area (TPSA) is 35.5 Å². The molecule has 0 aromatic heterocycles. The number of β-amino-alcohol motifs (C(OH)–C–C–N with tert-alkyl or cyclic N) is 1. The minimum absolute atomic E-state index is 0.233. The highest BCUT2D eigenvalue weighted by atomic mass is 16.3. The van der Waals surface area contributed by atoms with Crippen molar-refractivity contribution in [2.75, 3.05) is 13.2 Å². The van der Waals surface area contributed by atoms with Crippen molar-refractivity contribution < 1.29 is 5.11 Å². The zero-order valence-electron chi connectivity index (χ0n) is 15.7. The highest BCUT2D eigenvalue weighted by Crippen LogP contribution is 2.15. The van der Waals surface area contributed by atoms with Gasteiger partial charge in [0.1, 0.15) is 0 Å². The van der Waals surface area contributed by atoms with Crippen LogP contribution < -0.4 is 5.32 Å². The second-order valence-corrected chi connectivity index (χ2v) is 7.07. The molecule has 0 aromatic carbocycles. The molecule has 0 bridgehead atoms. The fourth-order valence-corrected chi connectivity index (χ4v) is 3.44. The monoisotopic (exact) mass is 336 g/mol. The molecular formula is C21H40N2O. The first-order valence-corrected chi connectivity index (χ1v) is 10.3. The van der Waals surface area contributed by atoms with Crippen LogP contribution in [0, 0.1) is 0 Å². The lowest BCUT2D eigenvalue weighted by Gasteiger charge is -2.24. The second kappa shape index (κ2) is 15.6. The molecule has 0 saturated carbocycles. The zero-order valence-corrected chi connectivity index (χ0v) is 15.7. The molecule has 1 aliphatic rings. The molecule has 1 unspecified atom stereocenters. The first kappa shape index (κ1) is 21.1. The number of hydrogen-bond acceptors (Lipinski definition) is 3. The van der Waals surface area contributed by atoms with Crippen LogP contribution in [-0.4, -0.2) is 29.3 Å². The van der Waals surface area contributed by atoms with Crippen LogP contribution in [0.25, 0.3) is 0 Å². The van der Waals surface area contributed by atoms with Gasteiger partial charge in [-0.15, -0.1) is 6.58 Å². The highest BCUT2D eigenvalue weighted by molar-refractivity contribution is 4.93. The van der Waals surface area contributed by atoms with Crippen LogP contribution in [-0.2, 0) is 0 Å². The van der Waals surface area contributed by atoms with E-state index in [9.17, 15) is 0 Å². The maximum atomic E-state index is 9.03. The minimum Gasteiger partial charge on any atom is -0.395 e. The van der Waals surface area contributed by atoms with E-state index in [1.807, 2.05) is 12.3 Å². The Morgan fingerprint density at radius 1 is 0.875 bits per heavy atom. The third kappa shape index (κ3) is 10.7. The summed E-state index contributed by atoms with van der Waals surface area (Å²) in [6.45, 7) is 4.74. The van der Waals surface area contributed by atoms with Crippen LogP contribution >= 0.6 is 0 Å². The van der Waals surface area contributed by atoms with Crippen LogP contribution in [0.3, 0.4) is 0 Å². The Labute approximate surface area is 150 Å². The fraction of sp³-hybridized carbons (Fsp3) is 0.810. The summed E-state index contributed by atoms with van der Waals surface area (Å²) in [5, 5.41) is 12.4. The number of allylic oxidation sites excluding steroid dienone is 1. The predicted molar refractivity (Wildman–Crippen MR) is 105 cm³/mol. The lowest BCUT2D eigenvalue weighted by Crippen LogP contribution is -2.36. The Hall–Kier alpha value is -0.960. The number of hydrogen-bond donors (Lipinski definition) is 2. The van der Waals surface area contributed by atoms with E-state index in [2.05, 4.69) is 23.0 Å². The molecule has 0 aromatic rings. The molecule has 3 heteroatoms. The number of nitrogens with zero attached hydrogens (tertiary/aromatic N) is 1.